The van der Waals surface area contributed by atoms with Gasteiger partial charge in [-0.05, 0) is 18.9 Å². The minimum atomic E-state index is -4.20. The van der Waals surface area contributed by atoms with E-state index in [1.165, 1.54) is 18.2 Å². The molecule has 3 N–H and O–H groups in total. The van der Waals surface area contributed by atoms with Gasteiger partial charge in [0.05, 0.1) is 12.9 Å². The summed E-state index contributed by atoms with van der Waals surface area (Å²) < 4.78 is 28.9. The van der Waals surface area contributed by atoms with Crippen LogP contribution in [-0.4, -0.2) is 60.5 Å². The van der Waals surface area contributed by atoms with Crippen molar-refractivity contribution in [2.24, 2.45) is 0 Å². The lowest BCUT2D eigenvalue weighted by atomic mass is 10.1. The number of fused-ring (bicyclic) bond motifs is 2. The van der Waals surface area contributed by atoms with E-state index in [9.17, 15) is 14.6 Å². The molecule has 2 aliphatic rings. The quantitative estimate of drug-likeness (QED) is 0.494. The van der Waals surface area contributed by atoms with Crippen LogP contribution >= 0.6 is 7.82 Å². The van der Waals surface area contributed by atoms with Crippen LogP contribution in [0.2, 0.25) is 0 Å². The van der Waals surface area contributed by atoms with Gasteiger partial charge in [0.15, 0.2) is 23.2 Å². The number of nitrogens with zero attached hydrogens (tertiary/aromatic N) is 4. The number of hydrogen-bond acceptors (Lipinski definition) is 9. The molecule has 3 aromatic rings. The van der Waals surface area contributed by atoms with E-state index in [4.69, 9.17) is 13.8 Å². The van der Waals surface area contributed by atoms with Gasteiger partial charge in [0.2, 0.25) is 0 Å². The van der Waals surface area contributed by atoms with E-state index in [1.807, 2.05) is 18.2 Å². The number of aliphatic hydroxyl groups excluding tert-OH is 1. The van der Waals surface area contributed by atoms with Gasteiger partial charge in [0, 0.05) is 6.04 Å². The van der Waals surface area contributed by atoms with E-state index in [1.54, 1.807) is 4.57 Å². The number of rotatable bonds is 5. The smallest absolute Gasteiger partial charge is 0.386 e. The van der Waals surface area contributed by atoms with Crippen molar-refractivity contribution in [2.45, 2.75) is 43.9 Å². The molecule has 12 heteroatoms. The maximum Gasteiger partial charge on any atom is 0.472 e. The number of hydrogen-bond donors (Lipinski definition) is 3. The van der Waals surface area contributed by atoms with Crippen LogP contribution in [0.1, 0.15) is 18.7 Å². The summed E-state index contributed by atoms with van der Waals surface area (Å²) in [7, 11) is -4.20. The Hall–Kier alpha value is -2.40. The summed E-state index contributed by atoms with van der Waals surface area (Å²) in [4.78, 5) is 22.6. The highest BCUT2D eigenvalue weighted by Crippen LogP contribution is 2.52. The van der Waals surface area contributed by atoms with Gasteiger partial charge in [-0.1, -0.05) is 30.3 Å². The van der Waals surface area contributed by atoms with Crippen molar-refractivity contribution in [3.8, 4) is 0 Å². The number of aliphatic hydroxyl groups is 1. The number of phosphoric acid groups is 1. The molecule has 164 valence electrons. The molecule has 11 nitrogen and oxygen atoms in total. The highest BCUT2D eigenvalue weighted by molar-refractivity contribution is 7.47. The van der Waals surface area contributed by atoms with E-state index in [2.05, 4.69) is 39.3 Å². The SMILES string of the molecule is CC(Cc1ccccc1)Nc1ncnc2c1ncn2[C@@H]1O[C@@H]2COP(=O)(O)O[C@H]2[C@H]1O. The second-order valence-corrected chi connectivity index (χ2v) is 9.08. The van der Waals surface area contributed by atoms with E-state index in [-0.39, 0.29) is 12.6 Å². The normalized spacial score (nSPS) is 31.5. The van der Waals surface area contributed by atoms with E-state index >= 15 is 0 Å². The second kappa shape index (κ2) is 7.94. The third kappa shape index (κ3) is 3.96. The third-order valence-corrected chi connectivity index (χ3v) is 6.35. The van der Waals surface area contributed by atoms with Crippen molar-refractivity contribution >= 4 is 24.8 Å². The Morgan fingerprint density at radius 1 is 1.29 bits per heavy atom. The summed E-state index contributed by atoms with van der Waals surface area (Å²) in [5, 5.41) is 14.0. The van der Waals surface area contributed by atoms with Crippen molar-refractivity contribution in [1.82, 2.24) is 19.5 Å². The van der Waals surface area contributed by atoms with Gasteiger partial charge in [-0.2, -0.15) is 0 Å². The predicted octanol–water partition coefficient (Wildman–Crippen LogP) is 1.64. The lowest BCUT2D eigenvalue weighted by Gasteiger charge is -2.27. The van der Waals surface area contributed by atoms with Crippen molar-refractivity contribution in [3.05, 3.63) is 48.5 Å². The number of nitrogens with one attached hydrogen (secondary N) is 1. The van der Waals surface area contributed by atoms with Crippen molar-refractivity contribution in [3.63, 3.8) is 0 Å². The minimum absolute atomic E-state index is 0.0890. The van der Waals surface area contributed by atoms with Crippen LogP contribution in [0.3, 0.4) is 0 Å². The van der Waals surface area contributed by atoms with Crippen molar-refractivity contribution in [2.75, 3.05) is 11.9 Å². The molecule has 0 bridgehead atoms. The molecule has 2 fully saturated rings. The Kier molecular flexibility index (Phi) is 5.25. The summed E-state index contributed by atoms with van der Waals surface area (Å²) in [6.45, 7) is 1.90. The number of imidazole rings is 1. The van der Waals surface area contributed by atoms with Gasteiger partial charge in [0.1, 0.15) is 24.6 Å². The largest absolute Gasteiger partial charge is 0.472 e. The first-order valence-electron chi connectivity index (χ1n) is 9.88. The number of benzene rings is 1. The average molecular weight is 447 g/mol. The zero-order valence-electron chi connectivity index (χ0n) is 16.6. The van der Waals surface area contributed by atoms with Crippen LogP contribution in [0.4, 0.5) is 5.82 Å². The van der Waals surface area contributed by atoms with Gasteiger partial charge in [-0.15, -0.1) is 0 Å². The molecular weight excluding hydrogens is 425 g/mol. The summed E-state index contributed by atoms with van der Waals surface area (Å²) in [6.07, 6.45) is -0.0552. The molecule has 4 heterocycles. The van der Waals surface area contributed by atoms with Crippen LogP contribution in [0.15, 0.2) is 43.0 Å². The summed E-state index contributed by atoms with van der Waals surface area (Å²) in [6, 6.07) is 10.2. The lowest BCUT2D eigenvalue weighted by Crippen LogP contribution is -2.39. The molecule has 1 aromatic carbocycles. The van der Waals surface area contributed by atoms with Gasteiger partial charge in [-0.3, -0.25) is 13.6 Å². The first-order chi connectivity index (χ1) is 14.9. The molecule has 5 rings (SSSR count). The van der Waals surface area contributed by atoms with E-state index in [0.29, 0.717) is 17.0 Å². The molecule has 6 atom stereocenters. The molecule has 0 amide bonds. The summed E-state index contributed by atoms with van der Waals surface area (Å²) >= 11 is 0. The fraction of sp³-hybridized carbons (Fsp3) is 0.421. The van der Waals surface area contributed by atoms with Crippen LogP contribution in [0, 0.1) is 0 Å². The fourth-order valence-corrected chi connectivity index (χ4v) is 4.93. The maximum absolute atomic E-state index is 11.7. The molecule has 0 saturated carbocycles. The van der Waals surface area contributed by atoms with Crippen LogP contribution in [0.25, 0.3) is 11.2 Å². The topological polar surface area (TPSA) is 141 Å². The number of phosphoric ester groups is 1. The summed E-state index contributed by atoms with van der Waals surface area (Å²) in [5.41, 5.74) is 2.19. The zero-order chi connectivity index (χ0) is 21.6. The Morgan fingerprint density at radius 2 is 2.10 bits per heavy atom. The van der Waals surface area contributed by atoms with Gasteiger partial charge >= 0.3 is 7.82 Å². The monoisotopic (exact) mass is 447 g/mol. The van der Waals surface area contributed by atoms with Gasteiger partial charge < -0.3 is 20.1 Å². The molecule has 2 unspecified atom stereocenters. The van der Waals surface area contributed by atoms with Crippen LogP contribution < -0.4 is 5.32 Å². The highest BCUT2D eigenvalue weighted by Gasteiger charge is 2.52. The summed E-state index contributed by atoms with van der Waals surface area (Å²) in [5.74, 6) is 0.566. The predicted molar refractivity (Wildman–Crippen MR) is 109 cm³/mol. The molecule has 2 aromatic heterocycles. The molecule has 0 spiro atoms. The van der Waals surface area contributed by atoms with Gasteiger partial charge in [-0.25, -0.2) is 19.5 Å². The molecular formula is C19H22N5O6P. The zero-order valence-corrected chi connectivity index (χ0v) is 17.5. The number of anilines is 1. The molecule has 0 radical (unpaired) electrons. The average Bonchev–Trinajstić information content (AvgIpc) is 3.30. The van der Waals surface area contributed by atoms with Crippen molar-refractivity contribution in [1.29, 1.82) is 0 Å². The van der Waals surface area contributed by atoms with Gasteiger partial charge in [0.25, 0.3) is 0 Å². The molecule has 0 aliphatic carbocycles. The Morgan fingerprint density at radius 3 is 2.90 bits per heavy atom. The Bertz CT molecular complexity index is 1130. The first-order valence-corrected chi connectivity index (χ1v) is 11.4. The Labute approximate surface area is 177 Å². The number of ether oxygens (including phenoxy) is 1. The van der Waals surface area contributed by atoms with E-state index in [0.717, 1.165) is 6.42 Å². The highest BCUT2D eigenvalue weighted by atomic mass is 31.2. The second-order valence-electron chi connectivity index (χ2n) is 7.67. The number of aromatic nitrogens is 4. The lowest BCUT2D eigenvalue weighted by molar-refractivity contribution is -0.0664. The minimum Gasteiger partial charge on any atom is -0.386 e. The molecule has 31 heavy (non-hydrogen) atoms. The fourth-order valence-electron chi connectivity index (χ4n) is 3.96. The van der Waals surface area contributed by atoms with Crippen LogP contribution in [-0.2, 0) is 24.8 Å². The van der Waals surface area contributed by atoms with Crippen LogP contribution in [0.5, 0.6) is 0 Å². The standard InChI is InChI=1S/C19H22N5O6P/c1-11(7-12-5-3-2-4-6-12)23-17-14-18(21-9-20-17)24(10-22-14)19-15(25)16-13(29-19)8-28-31(26,27)30-16/h2-6,9-11,13,15-16,19,25H,7-8H2,1H3,(H,26,27)(H,20,21,23)/t11?,13-,15-,16-,19-/m1/s1. The van der Waals surface area contributed by atoms with Crippen molar-refractivity contribution < 1.29 is 28.3 Å². The first kappa shape index (κ1) is 20.5. The molecule has 2 saturated heterocycles. The Balaban J connectivity index is 1.38. The third-order valence-electron chi connectivity index (χ3n) is 5.37. The maximum atomic E-state index is 11.7. The molecule has 2 aliphatic heterocycles. The van der Waals surface area contributed by atoms with E-state index < -0.39 is 32.4 Å².